The molecule has 1 N–H and O–H groups in total. The molecule has 0 saturated heterocycles. The molecule has 0 aliphatic heterocycles. The van der Waals surface area contributed by atoms with E-state index in [0.29, 0.717) is 6.61 Å². The van der Waals surface area contributed by atoms with E-state index in [1.807, 2.05) is 26.0 Å². The third-order valence-corrected chi connectivity index (χ3v) is 3.00. The average Bonchev–Trinajstić information content (AvgIpc) is 2.34. The van der Waals surface area contributed by atoms with Gasteiger partial charge in [-0.15, -0.1) is 0 Å². The zero-order chi connectivity index (χ0) is 14.3. The van der Waals surface area contributed by atoms with E-state index in [2.05, 4.69) is 19.1 Å². The summed E-state index contributed by atoms with van der Waals surface area (Å²) in [6, 6.07) is 8.08. The molecule has 106 valence electrons. The van der Waals surface area contributed by atoms with Crippen LogP contribution in [-0.2, 0) is 11.2 Å². The number of aryl methyl sites for hydroxylation is 1. The third kappa shape index (κ3) is 6.27. The third-order valence-electron chi connectivity index (χ3n) is 3.00. The van der Waals surface area contributed by atoms with E-state index in [0.717, 1.165) is 12.2 Å². The molecule has 0 radical (unpaired) electrons. The molecular formula is C16H24O3. The molecule has 1 aromatic rings. The number of ether oxygens (including phenoxy) is 1. The van der Waals surface area contributed by atoms with E-state index in [1.54, 1.807) is 0 Å². The highest BCUT2D eigenvalue weighted by molar-refractivity contribution is 5.67. The molecule has 0 heterocycles. The summed E-state index contributed by atoms with van der Waals surface area (Å²) in [4.78, 5) is 10.7. The van der Waals surface area contributed by atoms with Crippen LogP contribution in [0.3, 0.4) is 0 Å². The van der Waals surface area contributed by atoms with Crippen molar-refractivity contribution in [1.29, 1.82) is 0 Å². The summed E-state index contributed by atoms with van der Waals surface area (Å²) in [5.74, 6) is 0.0159. The Morgan fingerprint density at radius 2 is 1.89 bits per heavy atom. The van der Waals surface area contributed by atoms with Crippen LogP contribution in [0.25, 0.3) is 0 Å². The fourth-order valence-corrected chi connectivity index (χ4v) is 1.87. The van der Waals surface area contributed by atoms with Gasteiger partial charge in [0, 0.05) is 5.41 Å². The lowest BCUT2D eigenvalue weighted by Crippen LogP contribution is -2.24. The van der Waals surface area contributed by atoms with Gasteiger partial charge in [0.1, 0.15) is 5.75 Å². The number of carboxylic acid groups (broad SMARTS) is 1. The molecule has 0 aliphatic carbocycles. The standard InChI is InChI=1S/C16H24O3/c1-4-5-6-13-7-9-14(10-8-13)19-12-16(2,3)11-15(17)18/h7-10H,4-6,11-12H2,1-3H3,(H,17,18). The Morgan fingerprint density at radius 3 is 2.42 bits per heavy atom. The van der Waals surface area contributed by atoms with Gasteiger partial charge < -0.3 is 9.84 Å². The molecule has 0 fully saturated rings. The van der Waals surface area contributed by atoms with Crippen molar-refractivity contribution in [3.63, 3.8) is 0 Å². The van der Waals surface area contributed by atoms with E-state index in [-0.39, 0.29) is 11.8 Å². The highest BCUT2D eigenvalue weighted by atomic mass is 16.5. The molecular weight excluding hydrogens is 240 g/mol. The second kappa shape index (κ2) is 7.17. The highest BCUT2D eigenvalue weighted by Crippen LogP contribution is 2.23. The van der Waals surface area contributed by atoms with Gasteiger partial charge in [-0.25, -0.2) is 0 Å². The normalized spacial score (nSPS) is 11.3. The molecule has 19 heavy (non-hydrogen) atoms. The van der Waals surface area contributed by atoms with Crippen molar-refractivity contribution in [2.45, 2.75) is 46.5 Å². The summed E-state index contributed by atoms with van der Waals surface area (Å²) >= 11 is 0. The van der Waals surface area contributed by atoms with Crippen molar-refractivity contribution in [1.82, 2.24) is 0 Å². The van der Waals surface area contributed by atoms with E-state index in [4.69, 9.17) is 9.84 Å². The maximum atomic E-state index is 10.7. The van der Waals surface area contributed by atoms with Crippen molar-refractivity contribution in [2.75, 3.05) is 6.61 Å². The maximum Gasteiger partial charge on any atom is 0.304 e. The molecule has 3 heteroatoms. The molecule has 0 aliphatic rings. The van der Waals surface area contributed by atoms with Crippen LogP contribution in [0.1, 0.15) is 45.6 Å². The summed E-state index contributed by atoms with van der Waals surface area (Å²) in [6.07, 6.45) is 3.61. The van der Waals surface area contributed by atoms with Crippen molar-refractivity contribution in [3.8, 4) is 5.75 Å². The molecule has 0 amide bonds. The van der Waals surface area contributed by atoms with Crippen LogP contribution in [0.15, 0.2) is 24.3 Å². The SMILES string of the molecule is CCCCc1ccc(OCC(C)(C)CC(=O)O)cc1. The lowest BCUT2D eigenvalue weighted by atomic mass is 9.91. The Hall–Kier alpha value is -1.51. The van der Waals surface area contributed by atoms with Gasteiger partial charge in [-0.3, -0.25) is 4.79 Å². The Labute approximate surface area is 115 Å². The van der Waals surface area contributed by atoms with Crippen LogP contribution < -0.4 is 4.74 Å². The van der Waals surface area contributed by atoms with Crippen molar-refractivity contribution in [2.24, 2.45) is 5.41 Å². The van der Waals surface area contributed by atoms with Gasteiger partial charge >= 0.3 is 5.97 Å². The molecule has 0 unspecified atom stereocenters. The monoisotopic (exact) mass is 264 g/mol. The zero-order valence-corrected chi connectivity index (χ0v) is 12.1. The van der Waals surface area contributed by atoms with Crippen LogP contribution in [0.2, 0.25) is 0 Å². The number of hydrogen-bond donors (Lipinski definition) is 1. The van der Waals surface area contributed by atoms with Gasteiger partial charge in [0.15, 0.2) is 0 Å². The molecule has 0 bridgehead atoms. The first-order chi connectivity index (χ1) is 8.93. The highest BCUT2D eigenvalue weighted by Gasteiger charge is 2.22. The average molecular weight is 264 g/mol. The van der Waals surface area contributed by atoms with Gasteiger partial charge in [-0.05, 0) is 30.5 Å². The fraction of sp³-hybridized carbons (Fsp3) is 0.562. The van der Waals surface area contributed by atoms with E-state index < -0.39 is 5.97 Å². The maximum absolute atomic E-state index is 10.7. The lowest BCUT2D eigenvalue weighted by Gasteiger charge is -2.22. The smallest absolute Gasteiger partial charge is 0.304 e. The minimum atomic E-state index is -0.788. The number of hydrogen-bond acceptors (Lipinski definition) is 2. The zero-order valence-electron chi connectivity index (χ0n) is 12.1. The van der Waals surface area contributed by atoms with Crippen molar-refractivity contribution < 1.29 is 14.6 Å². The first-order valence-electron chi connectivity index (χ1n) is 6.86. The fourth-order valence-electron chi connectivity index (χ4n) is 1.87. The number of benzene rings is 1. The predicted octanol–water partition coefficient (Wildman–Crippen LogP) is 3.91. The summed E-state index contributed by atoms with van der Waals surface area (Å²) < 4.78 is 5.67. The van der Waals surface area contributed by atoms with Gasteiger partial charge in [0.05, 0.1) is 13.0 Å². The van der Waals surface area contributed by atoms with Crippen LogP contribution in [0.4, 0.5) is 0 Å². The Kier molecular flexibility index (Phi) is 5.87. The Bertz CT molecular complexity index is 393. The minimum absolute atomic E-state index is 0.113. The molecule has 0 atom stereocenters. The molecule has 1 aromatic carbocycles. The molecule has 0 saturated carbocycles. The van der Waals surface area contributed by atoms with Crippen molar-refractivity contribution >= 4 is 5.97 Å². The summed E-state index contributed by atoms with van der Waals surface area (Å²) in [5, 5.41) is 8.81. The first kappa shape index (κ1) is 15.5. The Balaban J connectivity index is 2.47. The molecule has 0 aromatic heterocycles. The number of aliphatic carboxylic acids is 1. The van der Waals surface area contributed by atoms with Crippen LogP contribution in [-0.4, -0.2) is 17.7 Å². The van der Waals surface area contributed by atoms with E-state index in [1.165, 1.54) is 18.4 Å². The van der Waals surface area contributed by atoms with Gasteiger partial charge in [-0.2, -0.15) is 0 Å². The van der Waals surface area contributed by atoms with Crippen LogP contribution >= 0.6 is 0 Å². The molecule has 3 nitrogen and oxygen atoms in total. The lowest BCUT2D eigenvalue weighted by molar-refractivity contribution is -0.139. The van der Waals surface area contributed by atoms with E-state index in [9.17, 15) is 4.79 Å². The predicted molar refractivity (Wildman–Crippen MR) is 76.6 cm³/mol. The minimum Gasteiger partial charge on any atom is -0.493 e. The molecule has 1 rings (SSSR count). The van der Waals surface area contributed by atoms with E-state index >= 15 is 0 Å². The molecule has 0 spiro atoms. The summed E-state index contributed by atoms with van der Waals surface area (Å²) in [6.45, 7) is 6.39. The quantitative estimate of drug-likeness (QED) is 0.774. The second-order valence-corrected chi connectivity index (χ2v) is 5.77. The number of rotatable bonds is 8. The largest absolute Gasteiger partial charge is 0.493 e. The topological polar surface area (TPSA) is 46.5 Å². The number of carbonyl (C=O) groups is 1. The van der Waals surface area contributed by atoms with Crippen LogP contribution in [0, 0.1) is 5.41 Å². The van der Waals surface area contributed by atoms with Gasteiger partial charge in [0.25, 0.3) is 0 Å². The summed E-state index contributed by atoms with van der Waals surface area (Å²) in [7, 11) is 0. The second-order valence-electron chi connectivity index (χ2n) is 5.77. The van der Waals surface area contributed by atoms with Gasteiger partial charge in [0.2, 0.25) is 0 Å². The number of unbranched alkanes of at least 4 members (excludes halogenated alkanes) is 1. The van der Waals surface area contributed by atoms with Crippen LogP contribution in [0.5, 0.6) is 5.75 Å². The first-order valence-corrected chi connectivity index (χ1v) is 6.86. The number of carboxylic acids is 1. The van der Waals surface area contributed by atoms with Gasteiger partial charge in [-0.1, -0.05) is 39.3 Å². The van der Waals surface area contributed by atoms with Crippen molar-refractivity contribution in [3.05, 3.63) is 29.8 Å². The summed E-state index contributed by atoms with van der Waals surface area (Å²) in [5.41, 5.74) is 0.964. The Morgan fingerprint density at radius 1 is 1.26 bits per heavy atom.